The van der Waals surface area contributed by atoms with Gasteiger partial charge in [0.05, 0.1) is 10.8 Å². The third-order valence-electron chi connectivity index (χ3n) is 4.74. The van der Waals surface area contributed by atoms with Crippen LogP contribution in [0.2, 0.25) is 0 Å². The zero-order valence-electron chi connectivity index (χ0n) is 14.4. The summed E-state index contributed by atoms with van der Waals surface area (Å²) in [6, 6.07) is 11.0. The normalized spacial score (nSPS) is 21.5. The van der Waals surface area contributed by atoms with Gasteiger partial charge >= 0.3 is 0 Å². The maximum Gasteiger partial charge on any atom is 0.191 e. The predicted molar refractivity (Wildman–Crippen MR) is 99.8 cm³/mol. The first-order valence-corrected chi connectivity index (χ1v) is 10.2. The highest BCUT2D eigenvalue weighted by Gasteiger charge is 2.31. The Morgan fingerprint density at radius 1 is 1.21 bits per heavy atom. The summed E-state index contributed by atoms with van der Waals surface area (Å²) < 4.78 is 12.2. The number of aliphatic imine (C=N–C) groups is 1. The van der Waals surface area contributed by atoms with Gasteiger partial charge in [-0.1, -0.05) is 18.2 Å². The quantitative estimate of drug-likeness (QED) is 0.605. The van der Waals surface area contributed by atoms with Crippen LogP contribution in [0.15, 0.2) is 40.2 Å². The molecule has 6 heteroatoms. The maximum atomic E-state index is 12.2. The number of piperidine rings is 1. The minimum absolute atomic E-state index is 0.492. The summed E-state index contributed by atoms with van der Waals surface area (Å²) in [6.45, 7) is 3.04. The van der Waals surface area contributed by atoms with E-state index in [1.807, 2.05) is 30.3 Å². The number of rotatable bonds is 6. The number of benzene rings is 1. The molecule has 0 bridgehead atoms. The molecular formula is C18H28N4OS. The molecule has 1 saturated heterocycles. The molecule has 1 saturated carbocycles. The van der Waals surface area contributed by atoms with Gasteiger partial charge in [0.2, 0.25) is 0 Å². The largest absolute Gasteiger partial charge is 0.355 e. The molecule has 5 nitrogen and oxygen atoms in total. The van der Waals surface area contributed by atoms with Gasteiger partial charge in [0, 0.05) is 49.4 Å². The highest BCUT2D eigenvalue weighted by atomic mass is 32.2. The second kappa shape index (κ2) is 8.62. The van der Waals surface area contributed by atoms with Gasteiger partial charge in [0.1, 0.15) is 0 Å². The standard InChI is InChI=1S/C18H28N4OS/c1-19-18(20-11-14-24(23)17-5-3-2-4-6-17)21-15-9-12-22(13-10-15)16-7-8-16/h2-6,15-16H,7-14H2,1H3,(H2,19,20,21). The molecule has 1 aromatic carbocycles. The van der Waals surface area contributed by atoms with E-state index in [0.29, 0.717) is 18.3 Å². The topological polar surface area (TPSA) is 56.7 Å². The molecule has 2 N–H and O–H groups in total. The highest BCUT2D eigenvalue weighted by Crippen LogP contribution is 2.29. The van der Waals surface area contributed by atoms with E-state index in [1.165, 1.54) is 38.8 Å². The van der Waals surface area contributed by atoms with Crippen LogP contribution in [0.3, 0.4) is 0 Å². The van der Waals surface area contributed by atoms with E-state index in [-0.39, 0.29) is 0 Å². The number of hydrogen-bond acceptors (Lipinski definition) is 3. The maximum absolute atomic E-state index is 12.2. The van der Waals surface area contributed by atoms with Crippen molar-refractivity contribution in [1.29, 1.82) is 0 Å². The van der Waals surface area contributed by atoms with E-state index in [4.69, 9.17) is 0 Å². The van der Waals surface area contributed by atoms with E-state index in [0.717, 1.165) is 16.9 Å². The Kier molecular flexibility index (Phi) is 6.26. The van der Waals surface area contributed by atoms with Crippen LogP contribution in [0.5, 0.6) is 0 Å². The van der Waals surface area contributed by atoms with Crippen molar-refractivity contribution in [2.75, 3.05) is 32.4 Å². The number of likely N-dealkylation sites (tertiary alicyclic amines) is 1. The van der Waals surface area contributed by atoms with Crippen LogP contribution in [-0.2, 0) is 10.8 Å². The molecule has 1 aliphatic carbocycles. The lowest BCUT2D eigenvalue weighted by molar-refractivity contribution is 0.197. The summed E-state index contributed by atoms with van der Waals surface area (Å²) >= 11 is 0. The summed E-state index contributed by atoms with van der Waals surface area (Å²) in [5.41, 5.74) is 0. The Bertz CT molecular complexity index is 566. The van der Waals surface area contributed by atoms with Gasteiger partial charge in [-0.2, -0.15) is 0 Å². The minimum atomic E-state index is -0.964. The fraction of sp³-hybridized carbons (Fsp3) is 0.611. The smallest absolute Gasteiger partial charge is 0.191 e. The fourth-order valence-electron chi connectivity index (χ4n) is 3.19. The first kappa shape index (κ1) is 17.4. The number of nitrogens with zero attached hydrogens (tertiary/aromatic N) is 2. The number of nitrogens with one attached hydrogen (secondary N) is 2. The summed E-state index contributed by atoms with van der Waals surface area (Å²) in [5, 5.41) is 6.81. The van der Waals surface area contributed by atoms with Gasteiger partial charge in [-0.05, 0) is 37.8 Å². The second-order valence-corrected chi connectivity index (χ2v) is 8.12. The summed E-state index contributed by atoms with van der Waals surface area (Å²) in [5.74, 6) is 1.41. The van der Waals surface area contributed by atoms with Crippen molar-refractivity contribution in [2.24, 2.45) is 4.99 Å². The molecule has 0 amide bonds. The molecule has 0 spiro atoms. The van der Waals surface area contributed by atoms with E-state index in [9.17, 15) is 4.21 Å². The molecule has 0 radical (unpaired) electrons. The Hall–Kier alpha value is -1.40. The van der Waals surface area contributed by atoms with Crippen molar-refractivity contribution in [2.45, 2.75) is 42.7 Å². The molecule has 24 heavy (non-hydrogen) atoms. The van der Waals surface area contributed by atoms with Crippen LogP contribution in [0, 0.1) is 0 Å². The van der Waals surface area contributed by atoms with Gasteiger partial charge < -0.3 is 15.5 Å². The zero-order valence-corrected chi connectivity index (χ0v) is 15.2. The second-order valence-electron chi connectivity index (χ2n) is 6.55. The van der Waals surface area contributed by atoms with Crippen molar-refractivity contribution < 1.29 is 4.21 Å². The third-order valence-corrected chi connectivity index (χ3v) is 6.12. The van der Waals surface area contributed by atoms with Crippen LogP contribution >= 0.6 is 0 Å². The molecule has 1 aromatic rings. The van der Waals surface area contributed by atoms with Gasteiger partial charge in [0.25, 0.3) is 0 Å². The van der Waals surface area contributed by atoms with Crippen molar-refractivity contribution in [1.82, 2.24) is 15.5 Å². The Morgan fingerprint density at radius 3 is 2.54 bits per heavy atom. The van der Waals surface area contributed by atoms with Crippen LogP contribution in [-0.4, -0.2) is 59.6 Å². The van der Waals surface area contributed by atoms with E-state index in [2.05, 4.69) is 20.5 Å². The molecule has 2 fully saturated rings. The summed E-state index contributed by atoms with van der Waals surface area (Å²) in [7, 11) is 0.831. The lowest BCUT2D eigenvalue weighted by atomic mass is 10.1. The zero-order chi connectivity index (χ0) is 16.8. The number of hydrogen-bond donors (Lipinski definition) is 2. The van der Waals surface area contributed by atoms with Crippen LogP contribution in [0.4, 0.5) is 0 Å². The van der Waals surface area contributed by atoms with Crippen LogP contribution < -0.4 is 10.6 Å². The van der Waals surface area contributed by atoms with Gasteiger partial charge in [0.15, 0.2) is 5.96 Å². The minimum Gasteiger partial charge on any atom is -0.355 e. The monoisotopic (exact) mass is 348 g/mol. The molecule has 2 aliphatic rings. The Morgan fingerprint density at radius 2 is 1.92 bits per heavy atom. The van der Waals surface area contributed by atoms with E-state index < -0.39 is 10.8 Å². The molecule has 132 valence electrons. The van der Waals surface area contributed by atoms with Crippen molar-refractivity contribution in [3.05, 3.63) is 30.3 Å². The van der Waals surface area contributed by atoms with Gasteiger partial charge in [-0.25, -0.2) is 0 Å². The van der Waals surface area contributed by atoms with Gasteiger partial charge in [-0.3, -0.25) is 9.20 Å². The Balaban J connectivity index is 1.37. The van der Waals surface area contributed by atoms with E-state index >= 15 is 0 Å². The van der Waals surface area contributed by atoms with Gasteiger partial charge in [-0.15, -0.1) is 0 Å². The lowest BCUT2D eigenvalue weighted by Crippen LogP contribution is -2.49. The van der Waals surface area contributed by atoms with Crippen molar-refractivity contribution in [3.8, 4) is 0 Å². The molecule has 1 aliphatic heterocycles. The molecular weight excluding hydrogens is 320 g/mol. The third kappa shape index (κ3) is 5.05. The van der Waals surface area contributed by atoms with Crippen LogP contribution in [0.25, 0.3) is 0 Å². The first-order valence-electron chi connectivity index (χ1n) is 8.91. The SMILES string of the molecule is CN=C(NCCS(=O)c1ccccc1)NC1CCN(C2CC2)CC1. The van der Waals surface area contributed by atoms with Crippen molar-refractivity contribution >= 4 is 16.8 Å². The predicted octanol–water partition coefficient (Wildman–Crippen LogP) is 1.59. The average molecular weight is 349 g/mol. The molecule has 1 atom stereocenters. The molecule has 3 rings (SSSR count). The summed E-state index contributed by atoms with van der Waals surface area (Å²) in [6.07, 6.45) is 5.13. The molecule has 1 heterocycles. The summed E-state index contributed by atoms with van der Waals surface area (Å²) in [4.78, 5) is 7.81. The lowest BCUT2D eigenvalue weighted by Gasteiger charge is -2.33. The molecule has 0 aromatic heterocycles. The number of guanidine groups is 1. The fourth-order valence-corrected chi connectivity index (χ4v) is 4.17. The van der Waals surface area contributed by atoms with Crippen LogP contribution in [0.1, 0.15) is 25.7 Å². The Labute approximate surface area is 147 Å². The van der Waals surface area contributed by atoms with Crippen molar-refractivity contribution in [3.63, 3.8) is 0 Å². The average Bonchev–Trinajstić information content (AvgIpc) is 3.47. The highest BCUT2D eigenvalue weighted by molar-refractivity contribution is 7.85. The first-order chi connectivity index (χ1) is 11.8. The molecule has 1 unspecified atom stereocenters. The van der Waals surface area contributed by atoms with E-state index in [1.54, 1.807) is 7.05 Å².